The molecule has 0 fully saturated rings. The highest BCUT2D eigenvalue weighted by Gasteiger charge is 2.18. The summed E-state index contributed by atoms with van der Waals surface area (Å²) in [6.07, 6.45) is 1.17. The third-order valence-corrected chi connectivity index (χ3v) is 3.67. The Morgan fingerprint density at radius 3 is 2.61 bits per heavy atom. The lowest BCUT2D eigenvalue weighted by molar-refractivity contribution is 0.0695. The molecule has 0 saturated heterocycles. The normalized spacial score (nSPS) is 10.6. The van der Waals surface area contributed by atoms with Crippen molar-refractivity contribution in [3.05, 3.63) is 37.0 Å². The molecule has 18 heavy (non-hydrogen) atoms. The van der Waals surface area contributed by atoms with Gasteiger partial charge in [0.25, 0.3) is 0 Å². The SMILES string of the molecule is COc1c(Br)cc(Br)c2[nH]cc(C(=O)O)c(=O)c12. The Morgan fingerprint density at radius 2 is 2.06 bits per heavy atom. The number of aromatic amines is 1. The number of carboxylic acids is 1. The molecular weight excluding hydrogens is 370 g/mol. The molecule has 94 valence electrons. The van der Waals surface area contributed by atoms with Crippen LogP contribution in [-0.4, -0.2) is 23.2 Å². The van der Waals surface area contributed by atoms with E-state index in [2.05, 4.69) is 36.8 Å². The number of nitrogens with one attached hydrogen (secondary N) is 1. The summed E-state index contributed by atoms with van der Waals surface area (Å²) in [4.78, 5) is 25.9. The Balaban J connectivity index is 3.04. The molecular formula is C11H7Br2NO4. The molecule has 1 heterocycles. The summed E-state index contributed by atoms with van der Waals surface area (Å²) < 4.78 is 6.35. The van der Waals surface area contributed by atoms with E-state index in [0.717, 1.165) is 0 Å². The monoisotopic (exact) mass is 375 g/mol. The van der Waals surface area contributed by atoms with E-state index in [4.69, 9.17) is 9.84 Å². The Hall–Kier alpha value is -1.34. The number of fused-ring (bicyclic) bond motifs is 1. The molecule has 2 aromatic rings. The third kappa shape index (κ3) is 1.93. The zero-order valence-corrected chi connectivity index (χ0v) is 12.3. The van der Waals surface area contributed by atoms with Crippen LogP contribution in [0.15, 0.2) is 26.0 Å². The van der Waals surface area contributed by atoms with Gasteiger partial charge in [-0.2, -0.15) is 0 Å². The van der Waals surface area contributed by atoms with Gasteiger partial charge in [0.1, 0.15) is 11.3 Å². The van der Waals surface area contributed by atoms with Crippen molar-refractivity contribution in [2.24, 2.45) is 0 Å². The van der Waals surface area contributed by atoms with Crippen molar-refractivity contribution >= 4 is 48.7 Å². The van der Waals surface area contributed by atoms with E-state index < -0.39 is 11.4 Å². The van der Waals surface area contributed by atoms with Crippen LogP contribution in [0, 0.1) is 0 Å². The van der Waals surface area contributed by atoms with Gasteiger partial charge in [-0.05, 0) is 37.9 Å². The Kier molecular flexibility index (Phi) is 3.45. The van der Waals surface area contributed by atoms with Crippen LogP contribution in [0.5, 0.6) is 5.75 Å². The zero-order chi connectivity index (χ0) is 13.4. The minimum atomic E-state index is -1.28. The summed E-state index contributed by atoms with van der Waals surface area (Å²) in [5.41, 5.74) is -0.425. The zero-order valence-electron chi connectivity index (χ0n) is 9.08. The van der Waals surface area contributed by atoms with Gasteiger partial charge in [-0.1, -0.05) is 0 Å². The fourth-order valence-corrected chi connectivity index (χ4v) is 3.10. The maximum atomic E-state index is 12.1. The van der Waals surface area contributed by atoms with E-state index in [1.54, 1.807) is 6.07 Å². The minimum absolute atomic E-state index is 0.193. The van der Waals surface area contributed by atoms with Gasteiger partial charge in [0.2, 0.25) is 5.43 Å². The largest absolute Gasteiger partial charge is 0.495 e. The molecule has 0 atom stereocenters. The van der Waals surface area contributed by atoms with Gasteiger partial charge in [-0.15, -0.1) is 0 Å². The van der Waals surface area contributed by atoms with Gasteiger partial charge in [0.05, 0.1) is 22.5 Å². The van der Waals surface area contributed by atoms with Crippen molar-refractivity contribution in [1.82, 2.24) is 4.98 Å². The highest BCUT2D eigenvalue weighted by atomic mass is 79.9. The first-order valence-corrected chi connectivity index (χ1v) is 6.36. The predicted octanol–water partition coefficient (Wildman–Crippen LogP) is 2.76. The smallest absolute Gasteiger partial charge is 0.341 e. The second kappa shape index (κ2) is 4.74. The average Bonchev–Trinajstić information content (AvgIpc) is 2.30. The number of carbonyl (C=O) groups is 1. The van der Waals surface area contributed by atoms with E-state index in [1.165, 1.54) is 13.3 Å². The van der Waals surface area contributed by atoms with Gasteiger partial charge in [0.15, 0.2) is 0 Å². The molecule has 0 radical (unpaired) electrons. The predicted molar refractivity (Wildman–Crippen MR) is 73.5 cm³/mol. The molecule has 2 N–H and O–H groups in total. The average molecular weight is 377 g/mol. The second-order valence-electron chi connectivity index (χ2n) is 3.46. The van der Waals surface area contributed by atoms with Crippen molar-refractivity contribution in [2.45, 2.75) is 0 Å². The highest BCUT2D eigenvalue weighted by Crippen LogP contribution is 2.35. The van der Waals surface area contributed by atoms with Crippen LogP contribution < -0.4 is 10.2 Å². The van der Waals surface area contributed by atoms with Crippen LogP contribution in [0.25, 0.3) is 10.9 Å². The lowest BCUT2D eigenvalue weighted by atomic mass is 10.1. The first-order valence-electron chi connectivity index (χ1n) is 4.78. The van der Waals surface area contributed by atoms with Gasteiger partial charge in [-0.25, -0.2) is 4.79 Å². The van der Waals surface area contributed by atoms with Gasteiger partial charge < -0.3 is 14.8 Å². The molecule has 0 amide bonds. The van der Waals surface area contributed by atoms with E-state index in [9.17, 15) is 9.59 Å². The maximum Gasteiger partial charge on any atom is 0.341 e. The summed E-state index contributed by atoms with van der Waals surface area (Å²) in [5, 5.41) is 9.14. The number of aromatic nitrogens is 1. The summed E-state index contributed by atoms with van der Waals surface area (Å²) in [6.45, 7) is 0. The lowest BCUT2D eigenvalue weighted by Gasteiger charge is -2.09. The molecule has 0 aliphatic carbocycles. The van der Waals surface area contributed by atoms with Crippen LogP contribution in [0.1, 0.15) is 10.4 Å². The first-order chi connectivity index (χ1) is 8.47. The molecule has 5 nitrogen and oxygen atoms in total. The van der Waals surface area contributed by atoms with E-state index >= 15 is 0 Å². The number of rotatable bonds is 2. The van der Waals surface area contributed by atoms with Crippen LogP contribution in [0.4, 0.5) is 0 Å². The number of aromatic carboxylic acids is 1. The molecule has 1 aromatic heterocycles. The van der Waals surface area contributed by atoms with E-state index in [1.807, 2.05) is 0 Å². The van der Waals surface area contributed by atoms with Crippen molar-refractivity contribution in [2.75, 3.05) is 7.11 Å². The molecule has 0 bridgehead atoms. The Labute approximate surface area is 118 Å². The van der Waals surface area contributed by atoms with Crippen molar-refractivity contribution in [3.63, 3.8) is 0 Å². The maximum absolute atomic E-state index is 12.1. The number of carboxylic acid groups (broad SMARTS) is 1. The number of halogens is 2. The van der Waals surface area contributed by atoms with Gasteiger partial charge >= 0.3 is 5.97 Å². The van der Waals surface area contributed by atoms with E-state index in [0.29, 0.717) is 20.2 Å². The third-order valence-electron chi connectivity index (χ3n) is 2.45. The number of H-pyrrole nitrogens is 1. The molecule has 0 saturated carbocycles. The summed E-state index contributed by atoms with van der Waals surface area (Å²) in [7, 11) is 1.42. The molecule has 0 aliphatic heterocycles. The lowest BCUT2D eigenvalue weighted by Crippen LogP contribution is -2.16. The molecule has 0 unspecified atom stereocenters. The molecule has 7 heteroatoms. The van der Waals surface area contributed by atoms with Crippen molar-refractivity contribution in [3.8, 4) is 5.75 Å². The molecule has 2 rings (SSSR count). The molecule has 1 aromatic carbocycles. The number of hydrogen-bond donors (Lipinski definition) is 2. The summed E-state index contributed by atoms with van der Waals surface area (Å²) in [6, 6.07) is 1.72. The number of ether oxygens (including phenoxy) is 1. The topological polar surface area (TPSA) is 79.4 Å². The van der Waals surface area contributed by atoms with Gasteiger partial charge in [-0.3, -0.25) is 4.79 Å². The fraction of sp³-hybridized carbons (Fsp3) is 0.0909. The standard InChI is InChI=1S/C11H7Br2NO4/c1-18-10-6(13)2-5(12)8-7(10)9(15)4(3-14-8)11(16)17/h2-3H,1H3,(H,14,15)(H,16,17). The van der Waals surface area contributed by atoms with Crippen molar-refractivity contribution in [1.29, 1.82) is 0 Å². The van der Waals surface area contributed by atoms with Crippen molar-refractivity contribution < 1.29 is 14.6 Å². The molecule has 0 spiro atoms. The molecule has 0 aliphatic rings. The number of benzene rings is 1. The van der Waals surface area contributed by atoms with Crippen LogP contribution >= 0.6 is 31.9 Å². The number of pyridine rings is 1. The van der Waals surface area contributed by atoms with Crippen LogP contribution in [0.3, 0.4) is 0 Å². The minimum Gasteiger partial charge on any atom is -0.495 e. The van der Waals surface area contributed by atoms with E-state index in [-0.39, 0.29) is 10.9 Å². The number of methoxy groups -OCH3 is 1. The second-order valence-corrected chi connectivity index (χ2v) is 5.17. The number of hydrogen-bond acceptors (Lipinski definition) is 3. The Bertz CT molecular complexity index is 708. The highest BCUT2D eigenvalue weighted by molar-refractivity contribution is 9.11. The Morgan fingerprint density at radius 1 is 1.39 bits per heavy atom. The summed E-state index contributed by atoms with van der Waals surface area (Å²) >= 11 is 6.57. The first kappa shape index (κ1) is 13.1. The van der Waals surface area contributed by atoms with Crippen LogP contribution in [0.2, 0.25) is 0 Å². The van der Waals surface area contributed by atoms with Crippen LogP contribution in [-0.2, 0) is 0 Å². The quantitative estimate of drug-likeness (QED) is 0.844. The summed E-state index contributed by atoms with van der Waals surface area (Å²) in [5.74, 6) is -0.978. The van der Waals surface area contributed by atoms with Gasteiger partial charge in [0, 0.05) is 10.7 Å². The fourth-order valence-electron chi connectivity index (χ4n) is 1.66.